The largest absolute Gasteiger partial charge is 0.350 e. The molecule has 0 radical (unpaired) electrons. The molecule has 1 aliphatic rings. The van der Waals surface area contributed by atoms with Crippen molar-refractivity contribution in [1.82, 2.24) is 5.32 Å². The molecule has 0 aromatic heterocycles. The van der Waals surface area contributed by atoms with E-state index in [1.165, 1.54) is 0 Å². The molecule has 2 aromatic rings. The molecule has 0 bridgehead atoms. The molecule has 3 rings (SSSR count). The van der Waals surface area contributed by atoms with Crippen LogP contribution in [0, 0.1) is 6.92 Å². The smallest absolute Gasteiger partial charge is 0.240 e. The minimum Gasteiger partial charge on any atom is -0.350 e. The van der Waals surface area contributed by atoms with E-state index in [1.807, 2.05) is 49.4 Å². The monoisotopic (exact) mass is 386 g/mol. The van der Waals surface area contributed by atoms with E-state index in [2.05, 4.69) is 21.2 Å². The number of hydrogen-bond acceptors (Lipinski definition) is 2. The molecule has 2 amide bonds. The predicted molar refractivity (Wildman–Crippen MR) is 97.8 cm³/mol. The quantitative estimate of drug-likeness (QED) is 0.875. The van der Waals surface area contributed by atoms with E-state index in [1.54, 1.807) is 4.90 Å². The second kappa shape index (κ2) is 7.18. The topological polar surface area (TPSA) is 49.4 Å². The lowest BCUT2D eigenvalue weighted by Gasteiger charge is -2.29. The van der Waals surface area contributed by atoms with Gasteiger partial charge in [0.1, 0.15) is 6.54 Å². The van der Waals surface area contributed by atoms with Gasteiger partial charge < -0.3 is 10.2 Å². The molecule has 1 heterocycles. The van der Waals surface area contributed by atoms with Crippen molar-refractivity contribution in [2.24, 2.45) is 0 Å². The third kappa shape index (κ3) is 3.85. The van der Waals surface area contributed by atoms with Gasteiger partial charge in [0.15, 0.2) is 0 Å². The summed E-state index contributed by atoms with van der Waals surface area (Å²) in [5.41, 5.74) is 4.14. The number of halogens is 1. The Bertz CT molecular complexity index is 789. The molecule has 0 fully saturated rings. The SMILES string of the molecule is Cc1cccc(CNC(=O)CN2C(=O)CCc3cc(Br)ccc32)c1. The molecule has 0 atom stereocenters. The Kier molecular flexibility index (Phi) is 5.00. The van der Waals surface area contributed by atoms with Crippen molar-refractivity contribution in [2.75, 3.05) is 11.4 Å². The zero-order valence-electron chi connectivity index (χ0n) is 13.5. The minimum absolute atomic E-state index is 0.00414. The van der Waals surface area contributed by atoms with E-state index in [4.69, 9.17) is 0 Å². The number of nitrogens with one attached hydrogen (secondary N) is 1. The number of hydrogen-bond donors (Lipinski definition) is 1. The van der Waals surface area contributed by atoms with Gasteiger partial charge in [-0.15, -0.1) is 0 Å². The lowest BCUT2D eigenvalue weighted by atomic mass is 10.0. The Morgan fingerprint density at radius 1 is 1.21 bits per heavy atom. The van der Waals surface area contributed by atoms with Crippen molar-refractivity contribution < 1.29 is 9.59 Å². The maximum absolute atomic E-state index is 12.3. The average Bonchev–Trinajstić information content (AvgIpc) is 2.56. The number of aryl methyl sites for hydroxylation is 2. The Morgan fingerprint density at radius 3 is 2.83 bits per heavy atom. The molecule has 0 saturated carbocycles. The summed E-state index contributed by atoms with van der Waals surface area (Å²) < 4.78 is 0.986. The highest BCUT2D eigenvalue weighted by molar-refractivity contribution is 9.10. The number of nitrogens with zero attached hydrogens (tertiary/aromatic N) is 1. The Balaban J connectivity index is 1.67. The molecule has 0 aliphatic carbocycles. The zero-order chi connectivity index (χ0) is 17.1. The number of rotatable bonds is 4. The van der Waals surface area contributed by atoms with Crippen molar-refractivity contribution in [3.05, 3.63) is 63.6 Å². The highest BCUT2D eigenvalue weighted by Crippen LogP contribution is 2.30. The van der Waals surface area contributed by atoms with Gasteiger partial charge >= 0.3 is 0 Å². The van der Waals surface area contributed by atoms with Gasteiger partial charge in [0.2, 0.25) is 11.8 Å². The molecular weight excluding hydrogens is 368 g/mol. The van der Waals surface area contributed by atoms with Crippen molar-refractivity contribution >= 4 is 33.4 Å². The molecule has 2 aromatic carbocycles. The summed E-state index contributed by atoms with van der Waals surface area (Å²) in [6.07, 6.45) is 1.16. The molecule has 4 nitrogen and oxygen atoms in total. The van der Waals surface area contributed by atoms with Crippen LogP contribution in [-0.4, -0.2) is 18.4 Å². The van der Waals surface area contributed by atoms with Crippen molar-refractivity contribution in [1.29, 1.82) is 0 Å². The Labute approximate surface area is 150 Å². The van der Waals surface area contributed by atoms with Crippen LogP contribution in [0.1, 0.15) is 23.1 Å². The van der Waals surface area contributed by atoms with Gasteiger partial charge in [-0.1, -0.05) is 45.8 Å². The summed E-state index contributed by atoms with van der Waals surface area (Å²) in [7, 11) is 0. The minimum atomic E-state index is -0.152. The lowest BCUT2D eigenvalue weighted by molar-refractivity contribution is -0.124. The van der Waals surface area contributed by atoms with Gasteiger partial charge in [-0.3, -0.25) is 9.59 Å². The number of fused-ring (bicyclic) bond motifs is 1. The third-order valence-electron chi connectivity index (χ3n) is 4.12. The van der Waals surface area contributed by atoms with Crippen LogP contribution in [0.5, 0.6) is 0 Å². The molecule has 124 valence electrons. The number of anilines is 1. The lowest BCUT2D eigenvalue weighted by Crippen LogP contribution is -2.42. The second-order valence-electron chi connectivity index (χ2n) is 6.02. The number of amides is 2. The highest BCUT2D eigenvalue weighted by atomic mass is 79.9. The van der Waals surface area contributed by atoms with Crippen molar-refractivity contribution in [3.8, 4) is 0 Å². The van der Waals surface area contributed by atoms with Crippen LogP contribution in [0.2, 0.25) is 0 Å². The molecule has 0 unspecified atom stereocenters. The van der Waals surface area contributed by atoms with E-state index < -0.39 is 0 Å². The Morgan fingerprint density at radius 2 is 2.04 bits per heavy atom. The van der Waals surface area contributed by atoms with E-state index in [0.29, 0.717) is 13.0 Å². The van der Waals surface area contributed by atoms with Crippen LogP contribution in [0.15, 0.2) is 46.9 Å². The fraction of sp³-hybridized carbons (Fsp3) is 0.263. The van der Waals surface area contributed by atoms with E-state index in [9.17, 15) is 9.59 Å². The second-order valence-corrected chi connectivity index (χ2v) is 6.93. The number of benzene rings is 2. The van der Waals surface area contributed by atoms with E-state index >= 15 is 0 Å². The van der Waals surface area contributed by atoms with Gasteiger partial charge in [-0.05, 0) is 42.7 Å². The zero-order valence-corrected chi connectivity index (χ0v) is 15.1. The fourth-order valence-corrected chi connectivity index (χ4v) is 3.33. The van der Waals surface area contributed by atoms with Crippen LogP contribution < -0.4 is 10.2 Å². The van der Waals surface area contributed by atoms with Gasteiger partial charge in [-0.2, -0.15) is 0 Å². The summed E-state index contributed by atoms with van der Waals surface area (Å²) in [6, 6.07) is 13.8. The molecule has 0 spiro atoms. The first kappa shape index (κ1) is 16.7. The molecule has 1 aliphatic heterocycles. The highest BCUT2D eigenvalue weighted by Gasteiger charge is 2.25. The van der Waals surface area contributed by atoms with Crippen LogP contribution in [0.25, 0.3) is 0 Å². The fourth-order valence-electron chi connectivity index (χ4n) is 2.92. The van der Waals surface area contributed by atoms with Gasteiger partial charge in [0.25, 0.3) is 0 Å². The molecule has 5 heteroatoms. The number of carbonyl (C=O) groups is 2. The average molecular weight is 387 g/mol. The number of carbonyl (C=O) groups excluding carboxylic acids is 2. The van der Waals surface area contributed by atoms with E-state index in [0.717, 1.165) is 33.3 Å². The van der Waals surface area contributed by atoms with Crippen molar-refractivity contribution in [3.63, 3.8) is 0 Å². The van der Waals surface area contributed by atoms with Gasteiger partial charge in [0.05, 0.1) is 0 Å². The first-order chi connectivity index (χ1) is 11.5. The summed E-state index contributed by atoms with van der Waals surface area (Å²) in [4.78, 5) is 26.1. The summed E-state index contributed by atoms with van der Waals surface area (Å²) in [6.45, 7) is 2.54. The summed E-state index contributed by atoms with van der Waals surface area (Å²) in [5, 5.41) is 2.89. The first-order valence-corrected chi connectivity index (χ1v) is 8.73. The van der Waals surface area contributed by atoms with Crippen LogP contribution in [0.4, 0.5) is 5.69 Å². The standard InChI is InChI=1S/C19H19BrN2O2/c1-13-3-2-4-14(9-13)11-21-18(23)12-22-17-7-6-16(20)10-15(17)5-8-19(22)24/h2-4,6-7,9-10H,5,8,11-12H2,1H3,(H,21,23). The maximum atomic E-state index is 12.3. The third-order valence-corrected chi connectivity index (χ3v) is 4.61. The maximum Gasteiger partial charge on any atom is 0.240 e. The van der Waals surface area contributed by atoms with Crippen LogP contribution >= 0.6 is 15.9 Å². The molecular formula is C19H19BrN2O2. The summed E-state index contributed by atoms with van der Waals surface area (Å²) >= 11 is 3.45. The predicted octanol–water partition coefficient (Wildman–Crippen LogP) is 3.35. The van der Waals surface area contributed by atoms with Crippen LogP contribution in [-0.2, 0) is 22.6 Å². The van der Waals surface area contributed by atoms with Gasteiger partial charge in [-0.25, -0.2) is 0 Å². The van der Waals surface area contributed by atoms with Gasteiger partial charge in [0, 0.05) is 23.1 Å². The van der Waals surface area contributed by atoms with Crippen LogP contribution in [0.3, 0.4) is 0 Å². The molecule has 24 heavy (non-hydrogen) atoms. The Hall–Kier alpha value is -2.14. The van der Waals surface area contributed by atoms with E-state index in [-0.39, 0.29) is 18.4 Å². The summed E-state index contributed by atoms with van der Waals surface area (Å²) in [5.74, 6) is -0.156. The normalized spacial score (nSPS) is 13.6. The first-order valence-electron chi connectivity index (χ1n) is 7.94. The molecule has 0 saturated heterocycles. The molecule has 1 N–H and O–H groups in total. The van der Waals surface area contributed by atoms with Crippen molar-refractivity contribution in [2.45, 2.75) is 26.3 Å².